The Bertz CT molecular complexity index is 972. The summed E-state index contributed by atoms with van der Waals surface area (Å²) in [5, 5.41) is 2.82. The summed E-state index contributed by atoms with van der Waals surface area (Å²) in [7, 11) is 3.45. The van der Waals surface area contributed by atoms with Gasteiger partial charge in [0.25, 0.3) is 0 Å². The third-order valence-electron chi connectivity index (χ3n) is 4.08. The summed E-state index contributed by atoms with van der Waals surface area (Å²) in [5.74, 6) is -0.529. The molecule has 3 aromatic rings. The van der Waals surface area contributed by atoms with E-state index in [2.05, 4.69) is 5.32 Å². The average Bonchev–Trinajstić information content (AvgIpc) is 2.77. The van der Waals surface area contributed by atoms with Crippen molar-refractivity contribution in [1.82, 2.24) is 14.5 Å². The fourth-order valence-corrected chi connectivity index (χ4v) is 2.76. The van der Waals surface area contributed by atoms with E-state index in [9.17, 15) is 14.0 Å². The molecule has 0 radical (unpaired) electrons. The Balaban J connectivity index is 1.70. The maximum absolute atomic E-state index is 13.1. The molecule has 1 heterocycles. The molecule has 124 valence electrons. The van der Waals surface area contributed by atoms with Crippen LogP contribution in [0.5, 0.6) is 0 Å². The van der Waals surface area contributed by atoms with Crippen LogP contribution in [0, 0.1) is 5.82 Å². The second kappa shape index (κ2) is 6.31. The highest BCUT2D eigenvalue weighted by molar-refractivity contribution is 5.79. The summed E-state index contributed by atoms with van der Waals surface area (Å²) in [6.07, 6.45) is 0.129. The molecule has 1 aromatic heterocycles. The average molecular weight is 327 g/mol. The van der Waals surface area contributed by atoms with Crippen LogP contribution in [0.1, 0.15) is 11.1 Å². The number of hydrogen-bond donors (Lipinski definition) is 1. The fraction of sp³-hybridized carbons (Fsp3) is 0.222. The first-order chi connectivity index (χ1) is 11.5. The fourth-order valence-electron chi connectivity index (χ4n) is 2.76. The van der Waals surface area contributed by atoms with Gasteiger partial charge >= 0.3 is 5.69 Å². The van der Waals surface area contributed by atoms with Crippen LogP contribution in [0.15, 0.2) is 47.3 Å². The van der Waals surface area contributed by atoms with Crippen molar-refractivity contribution in [2.24, 2.45) is 14.1 Å². The summed E-state index contributed by atoms with van der Waals surface area (Å²) in [5.41, 5.74) is 3.11. The number of halogens is 1. The normalized spacial score (nSPS) is 11.0. The van der Waals surface area contributed by atoms with Gasteiger partial charge in [-0.25, -0.2) is 9.18 Å². The van der Waals surface area contributed by atoms with Crippen LogP contribution in [0.3, 0.4) is 0 Å². The van der Waals surface area contributed by atoms with Crippen molar-refractivity contribution in [1.29, 1.82) is 0 Å². The minimum atomic E-state index is -0.351. The van der Waals surface area contributed by atoms with Gasteiger partial charge < -0.3 is 5.32 Å². The largest absolute Gasteiger partial charge is 0.352 e. The molecule has 0 saturated carbocycles. The van der Waals surface area contributed by atoms with Crippen LogP contribution in [0.4, 0.5) is 4.39 Å². The first-order valence-electron chi connectivity index (χ1n) is 7.61. The molecule has 0 aliphatic rings. The van der Waals surface area contributed by atoms with E-state index >= 15 is 0 Å². The molecule has 24 heavy (non-hydrogen) atoms. The molecule has 1 N–H and O–H groups in total. The number of aromatic nitrogens is 2. The Labute approximate surface area is 138 Å². The molecule has 0 aliphatic carbocycles. The molecular formula is C18H18FN3O2. The number of amides is 1. The molecule has 0 atom stereocenters. The van der Waals surface area contributed by atoms with Crippen molar-refractivity contribution in [3.63, 3.8) is 0 Å². The lowest BCUT2D eigenvalue weighted by molar-refractivity contribution is -0.120. The highest BCUT2D eigenvalue weighted by Gasteiger charge is 2.09. The van der Waals surface area contributed by atoms with Crippen LogP contribution < -0.4 is 11.0 Å². The Hall–Kier alpha value is -2.89. The number of imidazole rings is 1. The van der Waals surface area contributed by atoms with Gasteiger partial charge in [-0.1, -0.05) is 18.2 Å². The molecule has 5 nitrogen and oxygen atoms in total. The Morgan fingerprint density at radius 3 is 2.54 bits per heavy atom. The summed E-state index contributed by atoms with van der Waals surface area (Å²) in [4.78, 5) is 23.9. The van der Waals surface area contributed by atoms with Gasteiger partial charge in [0, 0.05) is 20.6 Å². The van der Waals surface area contributed by atoms with Gasteiger partial charge in [-0.2, -0.15) is 0 Å². The minimum Gasteiger partial charge on any atom is -0.352 e. The van der Waals surface area contributed by atoms with Crippen LogP contribution in [0.2, 0.25) is 0 Å². The summed E-state index contributed by atoms with van der Waals surface area (Å²) in [6, 6.07) is 11.6. The monoisotopic (exact) mass is 327 g/mol. The summed E-state index contributed by atoms with van der Waals surface area (Å²) in [6.45, 7) is 0.354. The number of rotatable bonds is 4. The van der Waals surface area contributed by atoms with Gasteiger partial charge in [0.15, 0.2) is 0 Å². The Morgan fingerprint density at radius 1 is 1.04 bits per heavy atom. The van der Waals surface area contributed by atoms with Crippen molar-refractivity contribution in [3.8, 4) is 0 Å². The maximum atomic E-state index is 13.1. The van der Waals surface area contributed by atoms with Crippen molar-refractivity contribution in [2.75, 3.05) is 0 Å². The predicted octanol–water partition coefficient (Wildman–Crippen LogP) is 1.87. The Morgan fingerprint density at radius 2 is 1.79 bits per heavy atom. The zero-order valence-electron chi connectivity index (χ0n) is 13.5. The molecule has 3 rings (SSSR count). The van der Waals surface area contributed by atoms with E-state index in [1.54, 1.807) is 35.4 Å². The first-order valence-corrected chi connectivity index (χ1v) is 7.61. The zero-order valence-corrected chi connectivity index (χ0v) is 13.5. The highest BCUT2D eigenvalue weighted by atomic mass is 19.1. The molecule has 0 aliphatic heterocycles. The number of benzene rings is 2. The topological polar surface area (TPSA) is 56.0 Å². The number of aryl methyl sites for hydroxylation is 2. The van der Waals surface area contributed by atoms with Gasteiger partial charge in [-0.3, -0.25) is 13.9 Å². The second-order valence-electron chi connectivity index (χ2n) is 5.81. The van der Waals surface area contributed by atoms with Crippen LogP contribution in [-0.2, 0) is 31.9 Å². The lowest BCUT2D eigenvalue weighted by Gasteiger charge is -2.06. The second-order valence-corrected chi connectivity index (χ2v) is 5.81. The molecule has 2 aromatic carbocycles. The lowest BCUT2D eigenvalue weighted by Crippen LogP contribution is -2.24. The summed E-state index contributed by atoms with van der Waals surface area (Å²) >= 11 is 0. The van der Waals surface area contributed by atoms with Crippen molar-refractivity contribution < 1.29 is 9.18 Å². The minimum absolute atomic E-state index is 0.0858. The van der Waals surface area contributed by atoms with E-state index in [0.29, 0.717) is 12.1 Å². The number of carbonyl (C=O) groups excluding carboxylic acids is 1. The lowest BCUT2D eigenvalue weighted by atomic mass is 10.1. The van der Waals surface area contributed by atoms with Gasteiger partial charge in [0.2, 0.25) is 5.91 Å². The number of hydrogen-bond acceptors (Lipinski definition) is 2. The summed E-state index contributed by atoms with van der Waals surface area (Å²) < 4.78 is 16.3. The maximum Gasteiger partial charge on any atom is 0.328 e. The number of carbonyl (C=O) groups is 1. The van der Waals surface area contributed by atoms with E-state index < -0.39 is 0 Å². The highest BCUT2D eigenvalue weighted by Crippen LogP contribution is 2.14. The molecule has 0 fully saturated rings. The number of nitrogens with one attached hydrogen (secondary N) is 1. The molecule has 1 amide bonds. The molecule has 0 bridgehead atoms. The first kappa shape index (κ1) is 16.0. The van der Waals surface area contributed by atoms with E-state index in [1.807, 2.05) is 18.2 Å². The van der Waals surface area contributed by atoms with E-state index in [0.717, 1.165) is 16.6 Å². The zero-order chi connectivity index (χ0) is 17.3. The van der Waals surface area contributed by atoms with Gasteiger partial charge in [0.05, 0.1) is 17.5 Å². The third kappa shape index (κ3) is 3.08. The van der Waals surface area contributed by atoms with E-state index in [1.165, 1.54) is 12.1 Å². The molecular weight excluding hydrogens is 309 g/mol. The van der Waals surface area contributed by atoms with Gasteiger partial charge in [-0.15, -0.1) is 0 Å². The van der Waals surface area contributed by atoms with E-state index in [-0.39, 0.29) is 23.8 Å². The smallest absolute Gasteiger partial charge is 0.328 e. The van der Waals surface area contributed by atoms with Crippen molar-refractivity contribution in [2.45, 2.75) is 13.0 Å². The predicted molar refractivity (Wildman–Crippen MR) is 90.1 cm³/mol. The molecule has 0 spiro atoms. The van der Waals surface area contributed by atoms with Gasteiger partial charge in [0.1, 0.15) is 5.82 Å². The van der Waals surface area contributed by atoms with Crippen LogP contribution in [0.25, 0.3) is 11.0 Å². The number of fused-ring (bicyclic) bond motifs is 1. The Kier molecular flexibility index (Phi) is 4.20. The van der Waals surface area contributed by atoms with Crippen LogP contribution >= 0.6 is 0 Å². The molecule has 0 unspecified atom stereocenters. The van der Waals surface area contributed by atoms with Gasteiger partial charge in [-0.05, 0) is 35.4 Å². The standard InChI is InChI=1S/C18H18FN3O2/c1-21-15-7-6-13(9-16(15)22(2)18(21)24)11-20-17(23)10-12-4-3-5-14(19)8-12/h3-9H,10-11H2,1-2H3,(H,20,23). The van der Waals surface area contributed by atoms with Crippen molar-refractivity contribution >= 4 is 16.9 Å². The quantitative estimate of drug-likeness (QED) is 0.795. The third-order valence-corrected chi connectivity index (χ3v) is 4.08. The van der Waals surface area contributed by atoms with Crippen molar-refractivity contribution in [3.05, 3.63) is 69.9 Å². The van der Waals surface area contributed by atoms with Crippen LogP contribution in [-0.4, -0.2) is 15.0 Å². The molecule has 0 saturated heterocycles. The molecule has 6 heteroatoms. The van der Waals surface area contributed by atoms with E-state index in [4.69, 9.17) is 0 Å². The number of nitrogens with zero attached hydrogens (tertiary/aromatic N) is 2. The SMILES string of the molecule is Cn1c(=O)n(C)c2cc(CNC(=O)Cc3cccc(F)c3)ccc21.